The zero-order valence-electron chi connectivity index (χ0n) is 10.6. The van der Waals surface area contributed by atoms with E-state index in [4.69, 9.17) is 5.11 Å². The Morgan fingerprint density at radius 1 is 1.68 bits per heavy atom. The Bertz CT molecular complexity index is 499. The molecule has 2 atom stereocenters. The lowest BCUT2D eigenvalue weighted by atomic mass is 9.96. The fourth-order valence-electron chi connectivity index (χ4n) is 2.59. The molecule has 1 aliphatic carbocycles. The number of hydrogen-bond acceptors (Lipinski definition) is 5. The molecule has 104 valence electrons. The molecule has 8 nitrogen and oxygen atoms in total. The van der Waals surface area contributed by atoms with E-state index in [1.165, 1.54) is 10.9 Å². The number of nitrogens with one attached hydrogen (secondary N) is 1. The number of imidazole rings is 1. The maximum Gasteiger partial charge on any atom is 0.406 e. The van der Waals surface area contributed by atoms with Gasteiger partial charge in [0.1, 0.15) is 0 Å². The standard InChI is InChI=1S/C11H16N4O4/c1-14-6-13-10(15(18)19)9(14)12-5-7-3-2-4-8(7)11(16)17/h6-8,12H,2-5H2,1H3,(H,16,17). The van der Waals surface area contributed by atoms with Crippen molar-refractivity contribution < 1.29 is 14.8 Å². The lowest BCUT2D eigenvalue weighted by Gasteiger charge is -2.16. The van der Waals surface area contributed by atoms with Gasteiger partial charge in [-0.25, -0.2) is 0 Å². The first-order chi connectivity index (χ1) is 9.00. The summed E-state index contributed by atoms with van der Waals surface area (Å²) < 4.78 is 1.53. The van der Waals surface area contributed by atoms with E-state index in [1.54, 1.807) is 7.05 Å². The highest BCUT2D eigenvalue weighted by Crippen LogP contribution is 2.32. The second-order valence-corrected chi connectivity index (χ2v) is 4.80. The van der Waals surface area contributed by atoms with Crippen LogP contribution in [0, 0.1) is 22.0 Å². The van der Waals surface area contributed by atoms with Crippen LogP contribution in [0.4, 0.5) is 11.6 Å². The van der Waals surface area contributed by atoms with E-state index < -0.39 is 10.9 Å². The number of carboxylic acid groups (broad SMARTS) is 1. The minimum Gasteiger partial charge on any atom is -0.481 e. The van der Waals surface area contributed by atoms with Crippen LogP contribution < -0.4 is 5.32 Å². The second-order valence-electron chi connectivity index (χ2n) is 4.80. The van der Waals surface area contributed by atoms with Gasteiger partial charge in [0, 0.05) is 13.6 Å². The monoisotopic (exact) mass is 268 g/mol. The molecule has 1 heterocycles. The Labute approximate surface area is 109 Å². The number of aryl methyl sites for hydroxylation is 1. The maximum absolute atomic E-state index is 11.1. The fourth-order valence-corrected chi connectivity index (χ4v) is 2.59. The van der Waals surface area contributed by atoms with Gasteiger partial charge in [-0.2, -0.15) is 0 Å². The van der Waals surface area contributed by atoms with Crippen molar-refractivity contribution in [2.45, 2.75) is 19.3 Å². The molecule has 0 bridgehead atoms. The summed E-state index contributed by atoms with van der Waals surface area (Å²) in [5, 5.41) is 22.8. The van der Waals surface area contributed by atoms with E-state index in [-0.39, 0.29) is 17.7 Å². The molecule has 19 heavy (non-hydrogen) atoms. The van der Waals surface area contributed by atoms with Crippen molar-refractivity contribution in [2.75, 3.05) is 11.9 Å². The van der Waals surface area contributed by atoms with Gasteiger partial charge in [0.2, 0.25) is 12.1 Å². The molecule has 1 fully saturated rings. The van der Waals surface area contributed by atoms with Crippen LogP contribution in [0.15, 0.2) is 6.33 Å². The van der Waals surface area contributed by atoms with Gasteiger partial charge in [0.05, 0.1) is 5.92 Å². The predicted molar refractivity (Wildman–Crippen MR) is 66.8 cm³/mol. The maximum atomic E-state index is 11.1. The Morgan fingerprint density at radius 3 is 3.05 bits per heavy atom. The quantitative estimate of drug-likeness (QED) is 0.614. The van der Waals surface area contributed by atoms with Crippen LogP contribution in [0.1, 0.15) is 19.3 Å². The van der Waals surface area contributed by atoms with E-state index >= 15 is 0 Å². The lowest BCUT2D eigenvalue weighted by Crippen LogP contribution is -2.25. The van der Waals surface area contributed by atoms with Gasteiger partial charge in [0.25, 0.3) is 0 Å². The summed E-state index contributed by atoms with van der Waals surface area (Å²) in [5.74, 6) is -1.05. The molecular formula is C11H16N4O4. The molecule has 8 heteroatoms. The van der Waals surface area contributed by atoms with Gasteiger partial charge in [0.15, 0.2) is 0 Å². The third-order valence-electron chi connectivity index (χ3n) is 3.60. The normalized spacial score (nSPS) is 22.4. The number of carbonyl (C=O) groups is 1. The largest absolute Gasteiger partial charge is 0.481 e. The van der Waals surface area contributed by atoms with Crippen LogP contribution in [0.2, 0.25) is 0 Å². The van der Waals surface area contributed by atoms with E-state index in [0.29, 0.717) is 18.8 Å². The molecule has 0 saturated heterocycles. The highest BCUT2D eigenvalue weighted by atomic mass is 16.6. The highest BCUT2D eigenvalue weighted by molar-refractivity contribution is 5.70. The van der Waals surface area contributed by atoms with Crippen molar-refractivity contribution in [1.29, 1.82) is 0 Å². The number of nitrogens with zero attached hydrogens (tertiary/aromatic N) is 3. The first-order valence-corrected chi connectivity index (χ1v) is 6.13. The molecular weight excluding hydrogens is 252 g/mol. The third kappa shape index (κ3) is 2.67. The Kier molecular flexibility index (Phi) is 3.68. The summed E-state index contributed by atoms with van der Waals surface area (Å²) in [5.41, 5.74) is 0. The fraction of sp³-hybridized carbons (Fsp3) is 0.636. The smallest absolute Gasteiger partial charge is 0.406 e. The van der Waals surface area contributed by atoms with Crippen LogP contribution >= 0.6 is 0 Å². The number of carboxylic acids is 1. The first-order valence-electron chi connectivity index (χ1n) is 6.13. The van der Waals surface area contributed by atoms with Gasteiger partial charge in [-0.1, -0.05) is 6.42 Å². The highest BCUT2D eigenvalue weighted by Gasteiger charge is 2.33. The summed E-state index contributed by atoms with van der Waals surface area (Å²) in [6.45, 7) is 0.414. The molecule has 0 radical (unpaired) electrons. The van der Waals surface area contributed by atoms with Gasteiger partial charge < -0.3 is 20.5 Å². The van der Waals surface area contributed by atoms with Crippen molar-refractivity contribution >= 4 is 17.6 Å². The Balaban J connectivity index is 2.04. The van der Waals surface area contributed by atoms with Crippen molar-refractivity contribution in [3.8, 4) is 0 Å². The SMILES string of the molecule is Cn1cnc([N+](=O)[O-])c1NCC1CCCC1C(=O)O. The number of anilines is 1. The van der Waals surface area contributed by atoms with E-state index in [1.807, 2.05) is 0 Å². The van der Waals surface area contributed by atoms with E-state index in [2.05, 4.69) is 10.3 Å². The number of nitro groups is 1. The number of rotatable bonds is 5. The summed E-state index contributed by atoms with van der Waals surface area (Å²) >= 11 is 0. The van der Waals surface area contributed by atoms with Gasteiger partial charge in [-0.05, 0) is 28.7 Å². The zero-order valence-corrected chi connectivity index (χ0v) is 10.6. The predicted octanol–water partition coefficient (Wildman–Crippen LogP) is 1.24. The summed E-state index contributed by atoms with van der Waals surface area (Å²) in [4.78, 5) is 25.0. The minimum absolute atomic E-state index is 0.00649. The van der Waals surface area contributed by atoms with Crippen molar-refractivity contribution in [2.24, 2.45) is 18.9 Å². The first kappa shape index (κ1) is 13.3. The summed E-state index contributed by atoms with van der Waals surface area (Å²) in [6.07, 6.45) is 3.76. The molecule has 0 spiro atoms. The zero-order chi connectivity index (χ0) is 14.0. The number of aliphatic carboxylic acids is 1. The van der Waals surface area contributed by atoms with E-state index in [0.717, 1.165) is 12.8 Å². The average Bonchev–Trinajstić information content (AvgIpc) is 2.92. The van der Waals surface area contributed by atoms with Gasteiger partial charge in [-0.15, -0.1) is 0 Å². The van der Waals surface area contributed by atoms with Gasteiger partial charge >= 0.3 is 11.8 Å². The summed E-state index contributed by atoms with van der Waals surface area (Å²) in [7, 11) is 1.66. The molecule has 2 rings (SSSR count). The van der Waals surface area contributed by atoms with Crippen LogP contribution in [-0.4, -0.2) is 32.1 Å². The Morgan fingerprint density at radius 2 is 2.42 bits per heavy atom. The molecule has 2 unspecified atom stereocenters. The number of aromatic nitrogens is 2. The molecule has 1 aromatic heterocycles. The van der Waals surface area contributed by atoms with Gasteiger partial charge in [-0.3, -0.25) is 9.36 Å². The molecule has 1 aliphatic rings. The third-order valence-corrected chi connectivity index (χ3v) is 3.60. The molecule has 0 amide bonds. The van der Waals surface area contributed by atoms with Crippen molar-refractivity contribution in [1.82, 2.24) is 9.55 Å². The van der Waals surface area contributed by atoms with Crippen LogP contribution in [-0.2, 0) is 11.8 Å². The van der Waals surface area contributed by atoms with Crippen molar-refractivity contribution in [3.05, 3.63) is 16.4 Å². The lowest BCUT2D eigenvalue weighted by molar-refractivity contribution is -0.388. The minimum atomic E-state index is -0.788. The summed E-state index contributed by atoms with van der Waals surface area (Å²) in [6, 6.07) is 0. The molecule has 1 saturated carbocycles. The van der Waals surface area contributed by atoms with Crippen LogP contribution in [0.3, 0.4) is 0 Å². The topological polar surface area (TPSA) is 110 Å². The van der Waals surface area contributed by atoms with Crippen molar-refractivity contribution in [3.63, 3.8) is 0 Å². The van der Waals surface area contributed by atoms with Crippen LogP contribution in [0.5, 0.6) is 0 Å². The Hall–Kier alpha value is -2.12. The molecule has 0 aromatic carbocycles. The second kappa shape index (κ2) is 5.25. The molecule has 1 aromatic rings. The number of hydrogen-bond donors (Lipinski definition) is 2. The molecule has 0 aliphatic heterocycles. The van der Waals surface area contributed by atoms with E-state index in [9.17, 15) is 14.9 Å². The average molecular weight is 268 g/mol. The molecule has 2 N–H and O–H groups in total. The van der Waals surface area contributed by atoms with Crippen LogP contribution in [0.25, 0.3) is 0 Å².